The first-order valence-corrected chi connectivity index (χ1v) is 4.83. The van der Waals surface area contributed by atoms with Gasteiger partial charge in [0.05, 0.1) is 0 Å². The van der Waals surface area contributed by atoms with Gasteiger partial charge in [-0.2, -0.15) is 0 Å². The highest BCUT2D eigenvalue weighted by atomic mass is 14.5. The molecule has 0 aromatic heterocycles. The Morgan fingerprint density at radius 1 is 1.20 bits per heavy atom. The molecule has 0 heteroatoms. The molecular formula is C10H18. The zero-order valence-electron chi connectivity index (χ0n) is 7.14. The standard InChI is InChI=1S/C10H18/c1-3-10-7(2)8-4-5-9(10)6-8/h7-10H,3-6H2,1-2H3. The molecule has 0 spiro atoms. The number of rotatable bonds is 1. The van der Waals surface area contributed by atoms with E-state index in [2.05, 4.69) is 13.8 Å². The minimum atomic E-state index is 1.06. The Labute approximate surface area is 64.0 Å². The van der Waals surface area contributed by atoms with E-state index in [9.17, 15) is 0 Å². The number of fused-ring (bicyclic) bond motifs is 2. The monoisotopic (exact) mass is 138 g/mol. The normalized spacial score (nSPS) is 52.2. The predicted molar refractivity (Wildman–Crippen MR) is 43.8 cm³/mol. The fourth-order valence-electron chi connectivity index (χ4n) is 3.40. The van der Waals surface area contributed by atoms with Gasteiger partial charge < -0.3 is 0 Å². The van der Waals surface area contributed by atoms with Crippen molar-refractivity contribution in [2.75, 3.05) is 0 Å². The lowest BCUT2D eigenvalue weighted by Crippen LogP contribution is -2.18. The smallest absolute Gasteiger partial charge is 0.0360 e. The summed E-state index contributed by atoms with van der Waals surface area (Å²) < 4.78 is 0. The van der Waals surface area contributed by atoms with Crippen molar-refractivity contribution in [3.63, 3.8) is 0 Å². The van der Waals surface area contributed by atoms with Crippen LogP contribution in [0.25, 0.3) is 0 Å². The lowest BCUT2D eigenvalue weighted by molar-refractivity contribution is 0.233. The highest BCUT2D eigenvalue weighted by molar-refractivity contribution is 4.93. The first-order chi connectivity index (χ1) is 4.83. The summed E-state index contributed by atoms with van der Waals surface area (Å²) in [4.78, 5) is 0. The molecule has 0 nitrogen and oxygen atoms in total. The third-order valence-corrected chi connectivity index (χ3v) is 4.01. The molecule has 0 saturated heterocycles. The van der Waals surface area contributed by atoms with Crippen LogP contribution in [-0.2, 0) is 0 Å². The maximum absolute atomic E-state index is 2.47. The third-order valence-electron chi connectivity index (χ3n) is 4.01. The highest BCUT2D eigenvalue weighted by Gasteiger charge is 2.43. The van der Waals surface area contributed by atoms with Crippen molar-refractivity contribution >= 4 is 0 Å². The summed E-state index contributed by atoms with van der Waals surface area (Å²) in [5.74, 6) is 4.41. The summed E-state index contributed by atoms with van der Waals surface area (Å²) in [6.07, 6.45) is 6.10. The predicted octanol–water partition coefficient (Wildman–Crippen LogP) is 3.08. The van der Waals surface area contributed by atoms with Crippen LogP contribution in [0.5, 0.6) is 0 Å². The van der Waals surface area contributed by atoms with Crippen molar-refractivity contribution in [1.82, 2.24) is 0 Å². The Bertz CT molecular complexity index is 126. The number of hydrogen-bond donors (Lipinski definition) is 0. The van der Waals surface area contributed by atoms with Crippen molar-refractivity contribution in [3.05, 3.63) is 0 Å². The van der Waals surface area contributed by atoms with Gasteiger partial charge in [-0.15, -0.1) is 0 Å². The van der Waals surface area contributed by atoms with E-state index >= 15 is 0 Å². The summed E-state index contributed by atoms with van der Waals surface area (Å²) in [5, 5.41) is 0. The Kier molecular flexibility index (Phi) is 1.51. The second-order valence-corrected chi connectivity index (χ2v) is 4.26. The van der Waals surface area contributed by atoms with Gasteiger partial charge in [-0.05, 0) is 42.9 Å². The van der Waals surface area contributed by atoms with Crippen molar-refractivity contribution < 1.29 is 0 Å². The molecule has 4 unspecified atom stereocenters. The van der Waals surface area contributed by atoms with Gasteiger partial charge in [-0.3, -0.25) is 0 Å². The first-order valence-electron chi connectivity index (χ1n) is 4.83. The fraction of sp³-hybridized carbons (Fsp3) is 1.00. The van der Waals surface area contributed by atoms with E-state index in [1.807, 2.05) is 0 Å². The van der Waals surface area contributed by atoms with E-state index in [4.69, 9.17) is 0 Å². The van der Waals surface area contributed by atoms with E-state index in [1.165, 1.54) is 6.42 Å². The molecule has 2 fully saturated rings. The number of hydrogen-bond acceptors (Lipinski definition) is 0. The van der Waals surface area contributed by atoms with Gasteiger partial charge >= 0.3 is 0 Å². The molecule has 2 rings (SSSR count). The maximum atomic E-state index is 2.47. The second-order valence-electron chi connectivity index (χ2n) is 4.26. The van der Waals surface area contributed by atoms with Crippen LogP contribution in [0.15, 0.2) is 0 Å². The van der Waals surface area contributed by atoms with Crippen LogP contribution in [0.4, 0.5) is 0 Å². The molecule has 0 aromatic carbocycles. The molecule has 0 heterocycles. The van der Waals surface area contributed by atoms with E-state index in [0.717, 1.165) is 23.7 Å². The quantitative estimate of drug-likeness (QED) is 0.522. The lowest BCUT2D eigenvalue weighted by Gasteiger charge is -2.26. The molecule has 58 valence electrons. The molecule has 0 aromatic rings. The van der Waals surface area contributed by atoms with Crippen LogP contribution in [0.3, 0.4) is 0 Å². The fourth-order valence-corrected chi connectivity index (χ4v) is 3.40. The van der Waals surface area contributed by atoms with E-state index in [0.29, 0.717) is 0 Å². The molecule has 0 amide bonds. The molecular weight excluding hydrogens is 120 g/mol. The zero-order valence-corrected chi connectivity index (χ0v) is 7.14. The Morgan fingerprint density at radius 3 is 2.30 bits per heavy atom. The van der Waals surface area contributed by atoms with Crippen molar-refractivity contribution in [2.45, 2.75) is 39.5 Å². The summed E-state index contributed by atoms with van der Waals surface area (Å²) in [6, 6.07) is 0. The van der Waals surface area contributed by atoms with Gasteiger partial charge in [0.15, 0.2) is 0 Å². The van der Waals surface area contributed by atoms with Crippen LogP contribution in [-0.4, -0.2) is 0 Å². The molecule has 0 N–H and O–H groups in total. The average molecular weight is 138 g/mol. The summed E-state index contributed by atoms with van der Waals surface area (Å²) in [6.45, 7) is 4.83. The van der Waals surface area contributed by atoms with E-state index < -0.39 is 0 Å². The Hall–Kier alpha value is 0. The molecule has 0 aliphatic heterocycles. The minimum Gasteiger partial charge on any atom is -0.0651 e. The van der Waals surface area contributed by atoms with Crippen molar-refractivity contribution in [3.8, 4) is 0 Å². The molecule has 2 aliphatic rings. The molecule has 0 radical (unpaired) electrons. The van der Waals surface area contributed by atoms with Crippen LogP contribution in [0.2, 0.25) is 0 Å². The molecule has 2 bridgehead atoms. The van der Waals surface area contributed by atoms with Crippen LogP contribution in [0.1, 0.15) is 39.5 Å². The van der Waals surface area contributed by atoms with Gasteiger partial charge in [-0.25, -0.2) is 0 Å². The molecule has 4 atom stereocenters. The van der Waals surface area contributed by atoms with Gasteiger partial charge in [0.25, 0.3) is 0 Å². The lowest BCUT2D eigenvalue weighted by atomic mass is 9.79. The van der Waals surface area contributed by atoms with Crippen LogP contribution >= 0.6 is 0 Å². The summed E-state index contributed by atoms with van der Waals surface area (Å²) >= 11 is 0. The molecule has 2 saturated carbocycles. The topological polar surface area (TPSA) is 0 Å². The van der Waals surface area contributed by atoms with Gasteiger partial charge in [0.1, 0.15) is 0 Å². The Morgan fingerprint density at radius 2 is 1.90 bits per heavy atom. The first kappa shape index (κ1) is 6.69. The second kappa shape index (κ2) is 2.25. The van der Waals surface area contributed by atoms with Crippen LogP contribution < -0.4 is 0 Å². The maximum Gasteiger partial charge on any atom is -0.0360 e. The summed E-state index contributed by atoms with van der Waals surface area (Å²) in [5.41, 5.74) is 0. The largest absolute Gasteiger partial charge is 0.0651 e. The SMILES string of the molecule is CCC1C2CCC(C2)C1C. The Balaban J connectivity index is 2.10. The van der Waals surface area contributed by atoms with Gasteiger partial charge in [0.2, 0.25) is 0 Å². The highest BCUT2D eigenvalue weighted by Crippen LogP contribution is 2.52. The average Bonchev–Trinajstić information content (AvgIpc) is 2.46. The van der Waals surface area contributed by atoms with Crippen molar-refractivity contribution in [2.24, 2.45) is 23.7 Å². The van der Waals surface area contributed by atoms with Crippen LogP contribution in [0, 0.1) is 23.7 Å². The zero-order chi connectivity index (χ0) is 7.14. The molecule has 2 aliphatic carbocycles. The van der Waals surface area contributed by atoms with E-state index in [1.54, 1.807) is 19.3 Å². The minimum absolute atomic E-state index is 1.06. The summed E-state index contributed by atoms with van der Waals surface area (Å²) in [7, 11) is 0. The molecule has 10 heavy (non-hydrogen) atoms. The van der Waals surface area contributed by atoms with Crippen molar-refractivity contribution in [1.29, 1.82) is 0 Å². The van der Waals surface area contributed by atoms with Gasteiger partial charge in [0, 0.05) is 0 Å². The van der Waals surface area contributed by atoms with E-state index in [-0.39, 0.29) is 0 Å². The van der Waals surface area contributed by atoms with Gasteiger partial charge in [-0.1, -0.05) is 20.3 Å². The third kappa shape index (κ3) is 0.741.